The maximum Gasteiger partial charge on any atom is 0.339 e. The lowest BCUT2D eigenvalue weighted by molar-refractivity contribution is -0.142. The summed E-state index contributed by atoms with van der Waals surface area (Å²) in [7, 11) is 2.78. The second kappa shape index (κ2) is 13.7. The fourth-order valence-corrected chi connectivity index (χ4v) is 1.97. The number of rotatable bonds is 3. The summed E-state index contributed by atoms with van der Waals surface area (Å²) in [5, 5.41) is 0. The first-order valence-electron chi connectivity index (χ1n) is 7.95. The Morgan fingerprint density at radius 1 is 1.13 bits per heavy atom. The minimum Gasteiger partial charge on any atom is -0.468 e. The molecule has 0 unspecified atom stereocenters. The quantitative estimate of drug-likeness (QED) is 0.796. The van der Waals surface area contributed by atoms with Crippen LogP contribution in [0.15, 0.2) is 24.5 Å². The molecule has 0 spiro atoms. The number of nitrogens with zero attached hydrogens (tertiary/aromatic N) is 2. The first kappa shape index (κ1) is 21.0. The van der Waals surface area contributed by atoms with E-state index < -0.39 is 0 Å². The van der Waals surface area contributed by atoms with Gasteiger partial charge in [0.05, 0.1) is 26.3 Å². The lowest BCUT2D eigenvalue weighted by Crippen LogP contribution is -2.34. The maximum absolute atomic E-state index is 10.8. The molecule has 0 saturated carbocycles. The van der Waals surface area contributed by atoms with E-state index in [0.29, 0.717) is 12.1 Å². The third-order valence-electron chi connectivity index (χ3n) is 3.11. The molecule has 1 aromatic rings. The van der Waals surface area contributed by atoms with Crippen molar-refractivity contribution >= 4 is 11.9 Å². The standard InChI is InChI=1S/C8H15NO2.C7H7NO2.C2H6/c1-11-8(10)7-9-5-3-2-4-6-9;1-10-7(9)6-3-2-4-8-5-6;1-2/h2-7H2,1H3;2-5H,1H3;1-2H3. The Morgan fingerprint density at radius 3 is 2.26 bits per heavy atom. The number of likely N-dealkylation sites (tertiary alicyclic amines) is 1. The van der Waals surface area contributed by atoms with Gasteiger partial charge in [-0.1, -0.05) is 20.3 Å². The number of pyridine rings is 1. The number of carbonyl (C=O) groups is 2. The normalized spacial score (nSPS) is 13.6. The monoisotopic (exact) mass is 324 g/mol. The van der Waals surface area contributed by atoms with Crippen molar-refractivity contribution in [1.29, 1.82) is 0 Å². The summed E-state index contributed by atoms with van der Waals surface area (Å²) in [4.78, 5) is 27.5. The Morgan fingerprint density at radius 2 is 1.78 bits per heavy atom. The third kappa shape index (κ3) is 9.63. The van der Waals surface area contributed by atoms with Crippen LogP contribution < -0.4 is 0 Å². The van der Waals surface area contributed by atoms with Gasteiger partial charge in [-0.05, 0) is 38.1 Å². The zero-order chi connectivity index (χ0) is 17.5. The van der Waals surface area contributed by atoms with Crippen LogP contribution in [0.4, 0.5) is 0 Å². The second-order valence-electron chi connectivity index (χ2n) is 4.65. The number of carbonyl (C=O) groups excluding carboxylic acids is 2. The molecule has 0 amide bonds. The second-order valence-corrected chi connectivity index (χ2v) is 4.65. The summed E-state index contributed by atoms with van der Waals surface area (Å²) >= 11 is 0. The molecule has 0 bridgehead atoms. The van der Waals surface area contributed by atoms with Crippen LogP contribution in [0.25, 0.3) is 0 Å². The van der Waals surface area contributed by atoms with E-state index in [2.05, 4.69) is 19.4 Å². The van der Waals surface area contributed by atoms with Crippen molar-refractivity contribution in [2.45, 2.75) is 33.1 Å². The van der Waals surface area contributed by atoms with Gasteiger partial charge in [-0.3, -0.25) is 14.7 Å². The van der Waals surface area contributed by atoms with Crippen molar-refractivity contribution < 1.29 is 19.1 Å². The van der Waals surface area contributed by atoms with E-state index in [0.717, 1.165) is 13.1 Å². The molecule has 2 rings (SSSR count). The number of hydrogen-bond acceptors (Lipinski definition) is 6. The van der Waals surface area contributed by atoms with Crippen LogP contribution in [0, 0.1) is 0 Å². The molecule has 1 aromatic heterocycles. The topological polar surface area (TPSA) is 68.7 Å². The highest BCUT2D eigenvalue weighted by Crippen LogP contribution is 2.07. The average molecular weight is 324 g/mol. The third-order valence-corrected chi connectivity index (χ3v) is 3.11. The Hall–Kier alpha value is -1.95. The first-order chi connectivity index (χ1) is 11.2. The van der Waals surface area contributed by atoms with Crippen LogP contribution in [0.3, 0.4) is 0 Å². The molecular weight excluding hydrogens is 296 g/mol. The smallest absolute Gasteiger partial charge is 0.339 e. The van der Waals surface area contributed by atoms with Crippen molar-refractivity contribution in [1.82, 2.24) is 9.88 Å². The van der Waals surface area contributed by atoms with E-state index in [-0.39, 0.29) is 11.9 Å². The first-order valence-corrected chi connectivity index (χ1v) is 7.95. The van der Waals surface area contributed by atoms with Crippen LogP contribution in [-0.2, 0) is 14.3 Å². The Balaban J connectivity index is 0.000000381. The summed E-state index contributed by atoms with van der Waals surface area (Å²) in [5.41, 5.74) is 0.477. The Bertz CT molecular complexity index is 431. The number of piperidine rings is 1. The number of ether oxygens (including phenoxy) is 2. The van der Waals surface area contributed by atoms with E-state index in [1.165, 1.54) is 39.7 Å². The number of methoxy groups -OCH3 is 2. The predicted molar refractivity (Wildman–Crippen MR) is 89.2 cm³/mol. The van der Waals surface area contributed by atoms with Gasteiger partial charge in [0, 0.05) is 12.4 Å². The van der Waals surface area contributed by atoms with Crippen molar-refractivity contribution in [2.75, 3.05) is 33.9 Å². The zero-order valence-electron chi connectivity index (χ0n) is 14.6. The van der Waals surface area contributed by atoms with E-state index in [1.807, 2.05) is 13.8 Å². The molecule has 6 heteroatoms. The van der Waals surface area contributed by atoms with Crippen molar-refractivity contribution in [3.05, 3.63) is 30.1 Å². The SMILES string of the molecule is CC.COC(=O)CN1CCCCC1.COC(=O)c1cccnc1. The highest BCUT2D eigenvalue weighted by molar-refractivity contribution is 5.88. The zero-order valence-corrected chi connectivity index (χ0v) is 14.6. The van der Waals surface area contributed by atoms with Crippen LogP contribution in [0.1, 0.15) is 43.5 Å². The molecule has 1 aliphatic rings. The molecular formula is C17H28N2O4. The average Bonchev–Trinajstić information content (AvgIpc) is 2.64. The van der Waals surface area contributed by atoms with E-state index in [1.54, 1.807) is 18.3 Å². The van der Waals surface area contributed by atoms with Crippen LogP contribution >= 0.6 is 0 Å². The molecule has 6 nitrogen and oxygen atoms in total. The molecule has 1 saturated heterocycles. The fraction of sp³-hybridized carbons (Fsp3) is 0.588. The molecule has 130 valence electrons. The molecule has 1 aliphatic heterocycles. The molecule has 0 N–H and O–H groups in total. The summed E-state index contributed by atoms with van der Waals surface area (Å²) in [6.45, 7) is 6.57. The highest BCUT2D eigenvalue weighted by Gasteiger charge is 2.13. The molecule has 1 fully saturated rings. The van der Waals surface area contributed by atoms with Gasteiger partial charge in [-0.2, -0.15) is 0 Å². The van der Waals surface area contributed by atoms with E-state index >= 15 is 0 Å². The lowest BCUT2D eigenvalue weighted by atomic mass is 10.1. The van der Waals surface area contributed by atoms with Gasteiger partial charge < -0.3 is 9.47 Å². The van der Waals surface area contributed by atoms with Gasteiger partial charge in [-0.25, -0.2) is 4.79 Å². The lowest BCUT2D eigenvalue weighted by Gasteiger charge is -2.24. The van der Waals surface area contributed by atoms with Gasteiger partial charge in [-0.15, -0.1) is 0 Å². The minimum atomic E-state index is -0.354. The number of hydrogen-bond donors (Lipinski definition) is 0. The van der Waals surface area contributed by atoms with Crippen molar-refractivity contribution in [2.24, 2.45) is 0 Å². The van der Waals surface area contributed by atoms with Gasteiger partial charge in [0.1, 0.15) is 0 Å². The van der Waals surface area contributed by atoms with Crippen LogP contribution in [0.2, 0.25) is 0 Å². The molecule has 0 atom stereocenters. The van der Waals surface area contributed by atoms with Crippen LogP contribution in [-0.4, -0.2) is 55.7 Å². The summed E-state index contributed by atoms with van der Waals surface area (Å²) in [6.07, 6.45) is 6.81. The maximum atomic E-state index is 10.8. The van der Waals surface area contributed by atoms with Crippen molar-refractivity contribution in [3.63, 3.8) is 0 Å². The fourth-order valence-electron chi connectivity index (χ4n) is 1.97. The largest absolute Gasteiger partial charge is 0.468 e. The highest BCUT2D eigenvalue weighted by atomic mass is 16.5. The van der Waals surface area contributed by atoms with E-state index in [9.17, 15) is 9.59 Å². The Kier molecular flexibility index (Phi) is 12.5. The minimum absolute atomic E-state index is 0.119. The predicted octanol–water partition coefficient (Wildman–Crippen LogP) is 2.54. The van der Waals surface area contributed by atoms with Crippen LogP contribution in [0.5, 0.6) is 0 Å². The Labute approximate surface area is 138 Å². The molecule has 2 heterocycles. The van der Waals surface area contributed by atoms with Gasteiger partial charge in [0.2, 0.25) is 0 Å². The molecule has 0 aromatic carbocycles. The van der Waals surface area contributed by atoms with Gasteiger partial charge in [0.15, 0.2) is 0 Å². The summed E-state index contributed by atoms with van der Waals surface area (Å²) < 4.78 is 9.03. The van der Waals surface area contributed by atoms with Crippen molar-refractivity contribution in [3.8, 4) is 0 Å². The molecule has 23 heavy (non-hydrogen) atoms. The van der Waals surface area contributed by atoms with Gasteiger partial charge >= 0.3 is 11.9 Å². The molecule has 0 aliphatic carbocycles. The van der Waals surface area contributed by atoms with Gasteiger partial charge in [0.25, 0.3) is 0 Å². The summed E-state index contributed by atoms with van der Waals surface area (Å²) in [6, 6.07) is 3.34. The number of esters is 2. The number of aromatic nitrogens is 1. The summed E-state index contributed by atoms with van der Waals surface area (Å²) in [5.74, 6) is -0.472. The van der Waals surface area contributed by atoms with E-state index in [4.69, 9.17) is 0 Å². The molecule has 0 radical (unpaired) electrons.